The van der Waals surface area contributed by atoms with Gasteiger partial charge in [0.25, 0.3) is 5.91 Å². The van der Waals surface area contributed by atoms with Crippen LogP contribution in [0.4, 0.5) is 0 Å². The second kappa shape index (κ2) is 7.00. The molecule has 4 rings (SSSR count). The highest BCUT2D eigenvalue weighted by Crippen LogP contribution is 2.40. The smallest absolute Gasteiger partial charge is 0.276 e. The number of benzene rings is 1. The Morgan fingerprint density at radius 2 is 2.04 bits per heavy atom. The molecule has 0 spiro atoms. The minimum atomic E-state index is 0.00436. The fourth-order valence-electron chi connectivity index (χ4n) is 3.63. The molecule has 1 saturated carbocycles. The summed E-state index contributed by atoms with van der Waals surface area (Å²) in [6.07, 6.45) is 3.28. The van der Waals surface area contributed by atoms with Crippen LogP contribution in [0.5, 0.6) is 0 Å². The second-order valence-electron chi connectivity index (χ2n) is 7.31. The van der Waals surface area contributed by atoms with Crippen molar-refractivity contribution in [2.75, 3.05) is 19.6 Å². The van der Waals surface area contributed by atoms with Crippen LogP contribution >= 0.6 is 0 Å². The van der Waals surface area contributed by atoms with Gasteiger partial charge < -0.3 is 9.42 Å². The molecule has 1 aromatic heterocycles. The van der Waals surface area contributed by atoms with Crippen LogP contribution in [-0.2, 0) is 6.54 Å². The minimum absolute atomic E-state index is 0.00436. The average molecular weight is 339 g/mol. The van der Waals surface area contributed by atoms with Crippen molar-refractivity contribution in [3.05, 3.63) is 53.4 Å². The van der Waals surface area contributed by atoms with E-state index in [1.54, 1.807) is 0 Å². The summed E-state index contributed by atoms with van der Waals surface area (Å²) in [6.45, 7) is 5.73. The summed E-state index contributed by atoms with van der Waals surface area (Å²) in [4.78, 5) is 17.3. The standard InChI is InChI=1S/C20H25N3O2/c1-15-13-22(14-16-6-3-2-4-7-16)10-5-11-23(15)20(24)18-12-19(25-21-18)17-8-9-17/h2-4,6-7,12,15,17H,5,8-11,13-14H2,1H3. The molecule has 0 N–H and O–H groups in total. The first-order valence-corrected chi connectivity index (χ1v) is 9.24. The van der Waals surface area contributed by atoms with Crippen LogP contribution in [0.1, 0.15) is 53.9 Å². The highest BCUT2D eigenvalue weighted by molar-refractivity contribution is 5.92. The number of amides is 1. The summed E-state index contributed by atoms with van der Waals surface area (Å²) >= 11 is 0. The molecule has 5 nitrogen and oxygen atoms in total. The van der Waals surface area contributed by atoms with Crippen LogP contribution < -0.4 is 0 Å². The molecule has 2 aliphatic rings. The zero-order valence-corrected chi connectivity index (χ0v) is 14.7. The van der Waals surface area contributed by atoms with Crippen molar-refractivity contribution in [1.29, 1.82) is 0 Å². The quantitative estimate of drug-likeness (QED) is 0.858. The van der Waals surface area contributed by atoms with Gasteiger partial charge in [-0.05, 0) is 31.7 Å². The lowest BCUT2D eigenvalue weighted by molar-refractivity contribution is 0.0681. The zero-order valence-electron chi connectivity index (χ0n) is 14.7. The van der Waals surface area contributed by atoms with Crippen LogP contribution in [0.15, 0.2) is 40.9 Å². The normalized spacial score (nSPS) is 22.0. The summed E-state index contributed by atoms with van der Waals surface area (Å²) in [5.41, 5.74) is 1.78. The number of hydrogen-bond donors (Lipinski definition) is 0. The van der Waals surface area contributed by atoms with Gasteiger partial charge in [0.15, 0.2) is 5.69 Å². The third-order valence-electron chi connectivity index (χ3n) is 5.16. The molecule has 2 fully saturated rings. The number of carbonyl (C=O) groups is 1. The maximum atomic E-state index is 12.9. The van der Waals surface area contributed by atoms with E-state index >= 15 is 0 Å². The second-order valence-corrected chi connectivity index (χ2v) is 7.31. The molecule has 1 aliphatic carbocycles. The van der Waals surface area contributed by atoms with Crippen molar-refractivity contribution in [3.8, 4) is 0 Å². The summed E-state index contributed by atoms with van der Waals surface area (Å²) in [6, 6.07) is 12.5. The van der Waals surface area contributed by atoms with Gasteiger partial charge >= 0.3 is 0 Å². The first-order valence-electron chi connectivity index (χ1n) is 9.24. The third kappa shape index (κ3) is 3.76. The van der Waals surface area contributed by atoms with Crippen LogP contribution in [0.3, 0.4) is 0 Å². The fourth-order valence-corrected chi connectivity index (χ4v) is 3.63. The molecule has 0 bridgehead atoms. The number of rotatable bonds is 4. The van der Waals surface area contributed by atoms with E-state index in [1.165, 1.54) is 5.56 Å². The number of nitrogens with zero attached hydrogens (tertiary/aromatic N) is 3. The van der Waals surface area contributed by atoms with E-state index in [2.05, 4.69) is 41.2 Å². The Hall–Kier alpha value is -2.14. The van der Waals surface area contributed by atoms with E-state index in [1.807, 2.05) is 17.0 Å². The van der Waals surface area contributed by atoms with Crippen molar-refractivity contribution in [2.24, 2.45) is 0 Å². The zero-order chi connectivity index (χ0) is 17.2. The predicted molar refractivity (Wildman–Crippen MR) is 95.3 cm³/mol. The molecule has 1 amide bonds. The van der Waals surface area contributed by atoms with Gasteiger partial charge in [-0.2, -0.15) is 0 Å². The molecule has 1 saturated heterocycles. The monoisotopic (exact) mass is 339 g/mol. The number of aromatic nitrogens is 1. The lowest BCUT2D eigenvalue weighted by atomic mass is 10.2. The Morgan fingerprint density at radius 1 is 1.24 bits per heavy atom. The largest absolute Gasteiger partial charge is 0.360 e. The maximum Gasteiger partial charge on any atom is 0.276 e. The predicted octanol–water partition coefficient (Wildman–Crippen LogP) is 3.29. The fraction of sp³-hybridized carbons (Fsp3) is 0.500. The lowest BCUT2D eigenvalue weighted by Crippen LogP contribution is -2.42. The van der Waals surface area contributed by atoms with E-state index in [0.717, 1.165) is 51.2 Å². The summed E-state index contributed by atoms with van der Waals surface area (Å²) < 4.78 is 5.36. The van der Waals surface area contributed by atoms with Crippen LogP contribution in [0.25, 0.3) is 0 Å². The molecule has 1 atom stereocenters. The molecule has 0 radical (unpaired) electrons. The van der Waals surface area contributed by atoms with Crippen molar-refractivity contribution in [3.63, 3.8) is 0 Å². The van der Waals surface area contributed by atoms with E-state index in [-0.39, 0.29) is 11.9 Å². The molecular weight excluding hydrogens is 314 g/mol. The van der Waals surface area contributed by atoms with Gasteiger partial charge in [0, 0.05) is 44.2 Å². The van der Waals surface area contributed by atoms with Crippen molar-refractivity contribution in [1.82, 2.24) is 15.0 Å². The minimum Gasteiger partial charge on any atom is -0.360 e. The van der Waals surface area contributed by atoms with Crippen LogP contribution in [0, 0.1) is 0 Å². The molecule has 1 unspecified atom stereocenters. The average Bonchev–Trinajstić information content (AvgIpc) is 3.38. The molecule has 2 heterocycles. The Bertz CT molecular complexity index is 724. The molecule has 132 valence electrons. The van der Waals surface area contributed by atoms with Gasteiger partial charge in [-0.15, -0.1) is 0 Å². The van der Waals surface area contributed by atoms with Crippen molar-refractivity contribution >= 4 is 5.91 Å². The highest BCUT2D eigenvalue weighted by atomic mass is 16.5. The molecule has 25 heavy (non-hydrogen) atoms. The summed E-state index contributed by atoms with van der Waals surface area (Å²) in [5, 5.41) is 4.02. The first-order chi connectivity index (χ1) is 12.2. The van der Waals surface area contributed by atoms with Crippen LogP contribution in [0.2, 0.25) is 0 Å². The molecule has 2 aromatic rings. The topological polar surface area (TPSA) is 49.6 Å². The van der Waals surface area contributed by atoms with Gasteiger partial charge in [0.05, 0.1) is 0 Å². The van der Waals surface area contributed by atoms with Crippen LogP contribution in [-0.4, -0.2) is 46.5 Å². The van der Waals surface area contributed by atoms with Crippen molar-refractivity contribution < 1.29 is 9.32 Å². The number of hydrogen-bond acceptors (Lipinski definition) is 4. The van der Waals surface area contributed by atoms with Gasteiger partial charge in [-0.1, -0.05) is 35.5 Å². The van der Waals surface area contributed by atoms with Gasteiger partial charge in [-0.25, -0.2) is 0 Å². The van der Waals surface area contributed by atoms with E-state index in [0.29, 0.717) is 11.6 Å². The Balaban J connectivity index is 1.41. The highest BCUT2D eigenvalue weighted by Gasteiger charge is 2.32. The molecular formula is C20H25N3O2. The SMILES string of the molecule is CC1CN(Cc2ccccc2)CCCN1C(=O)c1cc(C2CC2)on1. The molecule has 1 aliphatic heterocycles. The summed E-state index contributed by atoms with van der Waals surface area (Å²) in [7, 11) is 0. The molecule has 1 aromatic carbocycles. The van der Waals surface area contributed by atoms with Crippen molar-refractivity contribution in [2.45, 2.75) is 44.7 Å². The maximum absolute atomic E-state index is 12.9. The van der Waals surface area contributed by atoms with Gasteiger partial charge in [-0.3, -0.25) is 9.69 Å². The lowest BCUT2D eigenvalue weighted by Gasteiger charge is -2.28. The Labute approximate surface area is 148 Å². The van der Waals surface area contributed by atoms with E-state index in [9.17, 15) is 4.79 Å². The summed E-state index contributed by atoms with van der Waals surface area (Å²) in [5.74, 6) is 1.36. The van der Waals surface area contributed by atoms with E-state index < -0.39 is 0 Å². The number of carbonyl (C=O) groups excluding carboxylic acids is 1. The van der Waals surface area contributed by atoms with Gasteiger partial charge in [0.1, 0.15) is 5.76 Å². The van der Waals surface area contributed by atoms with E-state index in [4.69, 9.17) is 4.52 Å². The Kier molecular flexibility index (Phi) is 4.57. The van der Waals surface area contributed by atoms with Gasteiger partial charge in [0.2, 0.25) is 0 Å². The molecule has 5 heteroatoms. The Morgan fingerprint density at radius 3 is 2.80 bits per heavy atom. The first kappa shape index (κ1) is 16.3. The third-order valence-corrected chi connectivity index (χ3v) is 5.16.